The highest BCUT2D eigenvalue weighted by Gasteiger charge is 2.43. The van der Waals surface area contributed by atoms with Crippen molar-refractivity contribution < 1.29 is 9.53 Å². The Hall–Kier alpha value is -0.600. The molecule has 5 nitrogen and oxygen atoms in total. The van der Waals surface area contributed by atoms with E-state index in [1.807, 2.05) is 6.26 Å². The first-order valence-corrected chi connectivity index (χ1v) is 9.14. The number of thioether (sulfide) groups is 3. The fraction of sp³-hybridized carbons (Fsp3) is 0.545. The number of rotatable bonds is 6. The van der Waals surface area contributed by atoms with E-state index in [9.17, 15) is 9.59 Å². The summed E-state index contributed by atoms with van der Waals surface area (Å²) in [5, 5.41) is 0.579. The van der Waals surface area contributed by atoms with Crippen LogP contribution in [0.1, 0.15) is 12.7 Å². The van der Waals surface area contributed by atoms with Gasteiger partial charge in [-0.25, -0.2) is 9.78 Å². The van der Waals surface area contributed by atoms with E-state index in [2.05, 4.69) is 9.97 Å². The Labute approximate surface area is 124 Å². The highest BCUT2D eigenvalue weighted by molar-refractivity contribution is 8.17. The molecular formula is C11H16N2O3S3. The normalized spacial score (nSPS) is 11.4. The van der Waals surface area contributed by atoms with Gasteiger partial charge in [-0.3, -0.25) is 4.79 Å². The van der Waals surface area contributed by atoms with E-state index >= 15 is 0 Å². The Balaban J connectivity index is 3.36. The van der Waals surface area contributed by atoms with E-state index in [1.54, 1.807) is 19.4 Å². The molecule has 0 bridgehead atoms. The molecule has 0 aromatic carbocycles. The average molecular weight is 320 g/mol. The second-order valence-corrected chi connectivity index (χ2v) is 6.51. The number of carbonyl (C=O) groups is 1. The summed E-state index contributed by atoms with van der Waals surface area (Å²) >= 11 is 3.94. The predicted molar refractivity (Wildman–Crippen MR) is 82.0 cm³/mol. The highest BCUT2D eigenvalue weighted by atomic mass is 32.2. The van der Waals surface area contributed by atoms with Crippen LogP contribution in [-0.2, 0) is 13.6 Å². The molecule has 1 aromatic rings. The second-order valence-electron chi connectivity index (χ2n) is 3.38. The molecule has 0 aliphatic rings. The Morgan fingerprint density at radius 1 is 1.42 bits per heavy atom. The fourth-order valence-corrected chi connectivity index (χ4v) is 3.57. The van der Waals surface area contributed by atoms with Gasteiger partial charge >= 0.3 is 5.97 Å². The summed E-state index contributed by atoms with van der Waals surface area (Å²) in [5.74, 6) is -0.0841. The van der Waals surface area contributed by atoms with E-state index in [-0.39, 0.29) is 12.2 Å². The molecule has 0 radical (unpaired) electrons. The van der Waals surface area contributed by atoms with Crippen molar-refractivity contribution in [2.75, 3.05) is 25.4 Å². The standard InChI is InChI=1S/C11H16N2O3S3/c1-5-16-10(15)11(18-3,19-4)9-12-7(14)6-8(13-9)17-2/h6H,5H2,1-4H3,(H,12,13,14). The summed E-state index contributed by atoms with van der Waals surface area (Å²) in [6.45, 7) is 2.03. The number of hydrogen-bond acceptors (Lipinski definition) is 7. The van der Waals surface area contributed by atoms with Gasteiger partial charge in [-0.15, -0.1) is 35.3 Å². The summed E-state index contributed by atoms with van der Waals surface area (Å²) in [6.07, 6.45) is 5.41. The number of carbonyl (C=O) groups excluding carboxylic acids is 1. The van der Waals surface area contributed by atoms with Gasteiger partial charge in [-0.2, -0.15) is 0 Å². The minimum atomic E-state index is -1.04. The molecule has 1 rings (SSSR count). The molecule has 1 N–H and O–H groups in total. The van der Waals surface area contributed by atoms with Crippen LogP contribution in [0.3, 0.4) is 0 Å². The van der Waals surface area contributed by atoms with Gasteiger partial charge in [0.2, 0.25) is 4.08 Å². The highest BCUT2D eigenvalue weighted by Crippen LogP contribution is 2.43. The van der Waals surface area contributed by atoms with Crippen molar-refractivity contribution in [2.24, 2.45) is 0 Å². The lowest BCUT2D eigenvalue weighted by molar-refractivity contribution is -0.143. The van der Waals surface area contributed by atoms with Gasteiger partial charge in [-0.05, 0) is 25.7 Å². The lowest BCUT2D eigenvalue weighted by Crippen LogP contribution is -2.34. The smallest absolute Gasteiger partial charge is 0.340 e. The Morgan fingerprint density at radius 2 is 2.05 bits per heavy atom. The van der Waals surface area contributed by atoms with Gasteiger partial charge in [0, 0.05) is 6.07 Å². The first-order chi connectivity index (χ1) is 9.03. The van der Waals surface area contributed by atoms with Crippen LogP contribution in [0.4, 0.5) is 0 Å². The molecule has 0 saturated carbocycles. The zero-order valence-corrected chi connectivity index (χ0v) is 13.6. The number of esters is 1. The van der Waals surface area contributed by atoms with Crippen LogP contribution in [0.25, 0.3) is 0 Å². The monoisotopic (exact) mass is 320 g/mol. The van der Waals surface area contributed by atoms with Crippen molar-refractivity contribution in [3.63, 3.8) is 0 Å². The van der Waals surface area contributed by atoms with Gasteiger partial charge < -0.3 is 9.72 Å². The molecule has 1 heterocycles. The second kappa shape index (κ2) is 7.25. The van der Waals surface area contributed by atoms with E-state index in [0.717, 1.165) is 0 Å². The lowest BCUT2D eigenvalue weighted by atomic mass is 10.3. The number of H-pyrrole nitrogens is 1. The fourth-order valence-electron chi connectivity index (χ4n) is 1.46. The minimum absolute atomic E-state index is 0.272. The largest absolute Gasteiger partial charge is 0.464 e. The third kappa shape index (κ3) is 3.49. The molecule has 0 atom stereocenters. The number of nitrogens with zero attached hydrogens (tertiary/aromatic N) is 1. The summed E-state index contributed by atoms with van der Waals surface area (Å²) in [7, 11) is 0. The zero-order chi connectivity index (χ0) is 14.5. The van der Waals surface area contributed by atoms with Crippen LogP contribution >= 0.6 is 35.3 Å². The molecule has 0 saturated heterocycles. The van der Waals surface area contributed by atoms with Crippen molar-refractivity contribution in [3.05, 3.63) is 22.2 Å². The molecule has 19 heavy (non-hydrogen) atoms. The number of aromatic nitrogens is 2. The van der Waals surface area contributed by atoms with Crippen molar-refractivity contribution >= 4 is 41.3 Å². The first-order valence-electron chi connectivity index (χ1n) is 5.47. The number of ether oxygens (including phenoxy) is 1. The summed E-state index contributed by atoms with van der Waals surface area (Å²) < 4.78 is 4.07. The van der Waals surface area contributed by atoms with Crippen LogP contribution in [0, 0.1) is 0 Å². The van der Waals surface area contributed by atoms with Crippen LogP contribution in [-0.4, -0.2) is 41.3 Å². The summed E-state index contributed by atoms with van der Waals surface area (Å²) in [5.41, 5.74) is -0.272. The lowest BCUT2D eigenvalue weighted by Gasteiger charge is -2.26. The van der Waals surface area contributed by atoms with Crippen LogP contribution in [0.5, 0.6) is 0 Å². The average Bonchev–Trinajstić information content (AvgIpc) is 2.40. The van der Waals surface area contributed by atoms with Crippen LogP contribution in [0.2, 0.25) is 0 Å². The van der Waals surface area contributed by atoms with Gasteiger partial charge in [0.05, 0.1) is 6.61 Å². The van der Waals surface area contributed by atoms with E-state index < -0.39 is 10.0 Å². The predicted octanol–water partition coefficient (Wildman–Crippen LogP) is 1.93. The molecule has 106 valence electrons. The maximum atomic E-state index is 12.2. The maximum absolute atomic E-state index is 12.2. The van der Waals surface area contributed by atoms with Crippen molar-refractivity contribution in [3.8, 4) is 0 Å². The van der Waals surface area contributed by atoms with E-state index in [0.29, 0.717) is 10.9 Å². The molecule has 0 unspecified atom stereocenters. The maximum Gasteiger partial charge on any atom is 0.340 e. The number of nitrogens with one attached hydrogen (secondary N) is 1. The van der Waals surface area contributed by atoms with Gasteiger partial charge in [0.15, 0.2) is 0 Å². The molecule has 0 aliphatic carbocycles. The topological polar surface area (TPSA) is 72.0 Å². The Kier molecular flexibility index (Phi) is 6.28. The summed E-state index contributed by atoms with van der Waals surface area (Å²) in [6, 6.07) is 1.41. The van der Waals surface area contributed by atoms with Gasteiger partial charge in [0.1, 0.15) is 10.9 Å². The van der Waals surface area contributed by atoms with Crippen LogP contribution < -0.4 is 5.56 Å². The van der Waals surface area contributed by atoms with Crippen molar-refractivity contribution in [2.45, 2.75) is 16.0 Å². The minimum Gasteiger partial charge on any atom is -0.464 e. The van der Waals surface area contributed by atoms with Gasteiger partial charge in [-0.1, -0.05) is 0 Å². The SMILES string of the molecule is CCOC(=O)C(SC)(SC)c1nc(SC)cc(=O)[nH]1. The molecule has 0 fully saturated rings. The van der Waals surface area contributed by atoms with E-state index in [4.69, 9.17) is 4.74 Å². The van der Waals surface area contributed by atoms with Crippen LogP contribution in [0.15, 0.2) is 15.9 Å². The molecule has 1 aromatic heterocycles. The quantitative estimate of drug-likeness (QED) is 0.371. The molecule has 0 amide bonds. The number of aromatic amines is 1. The number of hydrogen-bond donors (Lipinski definition) is 1. The Bertz CT molecular complexity index is 500. The third-order valence-electron chi connectivity index (χ3n) is 2.36. The summed E-state index contributed by atoms with van der Waals surface area (Å²) in [4.78, 5) is 30.8. The van der Waals surface area contributed by atoms with E-state index in [1.165, 1.54) is 41.4 Å². The molecule has 0 aliphatic heterocycles. The van der Waals surface area contributed by atoms with Gasteiger partial charge in [0.25, 0.3) is 5.56 Å². The molecular weight excluding hydrogens is 304 g/mol. The zero-order valence-electron chi connectivity index (χ0n) is 11.2. The Morgan fingerprint density at radius 3 is 2.53 bits per heavy atom. The molecule has 0 spiro atoms. The van der Waals surface area contributed by atoms with Crippen molar-refractivity contribution in [1.29, 1.82) is 0 Å². The third-order valence-corrected chi connectivity index (χ3v) is 5.86. The van der Waals surface area contributed by atoms with Crippen molar-refractivity contribution in [1.82, 2.24) is 9.97 Å². The molecule has 8 heteroatoms. The first kappa shape index (κ1) is 16.5.